The summed E-state index contributed by atoms with van der Waals surface area (Å²) in [6.07, 6.45) is 8.49. The van der Waals surface area contributed by atoms with Gasteiger partial charge in [0.15, 0.2) is 0 Å². The fourth-order valence-corrected chi connectivity index (χ4v) is 2.56. The van der Waals surface area contributed by atoms with Gasteiger partial charge in [0.2, 0.25) is 0 Å². The number of benzene rings is 1. The molecule has 138 valence electrons. The van der Waals surface area contributed by atoms with Gasteiger partial charge >= 0.3 is 0 Å². The third-order valence-electron chi connectivity index (χ3n) is 4.34. The Bertz CT molecular complexity index is 937. The highest BCUT2D eigenvalue weighted by molar-refractivity contribution is 5.74. The normalized spacial score (nSPS) is 12.7. The number of nitrogens with zero attached hydrogens (tertiary/aromatic N) is 3. The van der Waals surface area contributed by atoms with E-state index in [2.05, 4.69) is 33.3 Å². The Morgan fingerprint density at radius 3 is 2.56 bits per heavy atom. The summed E-state index contributed by atoms with van der Waals surface area (Å²) in [6.45, 7) is 2.06. The minimum Gasteiger partial charge on any atom is -0.399 e. The van der Waals surface area contributed by atoms with Gasteiger partial charge in [0.1, 0.15) is 18.4 Å². The molecule has 0 radical (unpaired) electrons. The molecule has 1 aliphatic rings. The van der Waals surface area contributed by atoms with Gasteiger partial charge < -0.3 is 15.8 Å². The number of nitrogen functional groups attached to an aromatic ring is 1. The van der Waals surface area contributed by atoms with Crippen LogP contribution in [0, 0.1) is 12.8 Å². The highest BCUT2D eigenvalue weighted by Crippen LogP contribution is 2.28. The molecule has 0 unspecified atom stereocenters. The zero-order valence-corrected chi connectivity index (χ0v) is 15.5. The number of carbonyl (C=O) groups excluding carboxylic acids is 1. The van der Waals surface area contributed by atoms with Gasteiger partial charge in [-0.1, -0.05) is 6.07 Å². The first-order valence-electron chi connectivity index (χ1n) is 8.87. The Hall–Kier alpha value is -3.28. The summed E-state index contributed by atoms with van der Waals surface area (Å²) in [5.74, 6) is 1.23. The molecule has 0 aliphatic heterocycles. The predicted octanol–water partition coefficient (Wildman–Crippen LogP) is 3.73. The lowest BCUT2D eigenvalue weighted by Gasteiger charge is -2.09. The molecular formula is C21H23N5O. The van der Waals surface area contributed by atoms with Crippen LogP contribution in [0.2, 0.25) is 0 Å². The lowest BCUT2D eigenvalue weighted by molar-refractivity contribution is -0.108. The van der Waals surface area contributed by atoms with Gasteiger partial charge in [-0.05, 0) is 49.1 Å². The number of aryl methyl sites for hydroxylation is 1. The Balaban J connectivity index is 0.000000364. The van der Waals surface area contributed by atoms with Crippen molar-refractivity contribution in [3.05, 3.63) is 54.6 Å². The second-order valence-electron chi connectivity index (χ2n) is 6.55. The quantitative estimate of drug-likeness (QED) is 0.543. The number of carbonyl (C=O) groups is 1. The van der Waals surface area contributed by atoms with E-state index in [9.17, 15) is 4.79 Å². The number of aromatic nitrogens is 3. The van der Waals surface area contributed by atoms with E-state index < -0.39 is 0 Å². The van der Waals surface area contributed by atoms with E-state index in [0.717, 1.165) is 58.6 Å². The molecule has 1 fully saturated rings. The molecule has 0 bridgehead atoms. The van der Waals surface area contributed by atoms with E-state index in [4.69, 9.17) is 5.73 Å². The van der Waals surface area contributed by atoms with E-state index in [1.54, 1.807) is 12.5 Å². The van der Waals surface area contributed by atoms with Gasteiger partial charge in [-0.2, -0.15) is 0 Å². The monoisotopic (exact) mass is 361 g/mol. The fraction of sp³-hybridized carbons (Fsp3) is 0.238. The minimum absolute atomic E-state index is 0.454. The molecule has 6 nitrogen and oxygen atoms in total. The van der Waals surface area contributed by atoms with Gasteiger partial charge in [0, 0.05) is 48.2 Å². The third kappa shape index (κ3) is 4.88. The zero-order valence-electron chi connectivity index (χ0n) is 15.5. The van der Waals surface area contributed by atoms with E-state index in [0.29, 0.717) is 5.92 Å². The molecule has 1 aliphatic carbocycles. The SMILES string of the molecule is CNc1cc(-c2cncc(-c3cc(N)ccc3C)c2)ncn1.O=CC1CC1. The summed E-state index contributed by atoms with van der Waals surface area (Å²) in [5.41, 5.74) is 11.7. The van der Waals surface area contributed by atoms with Crippen molar-refractivity contribution >= 4 is 17.8 Å². The number of nitrogens with two attached hydrogens (primary N) is 1. The molecule has 3 aromatic rings. The number of rotatable bonds is 4. The second kappa shape index (κ2) is 8.40. The molecule has 2 heterocycles. The predicted molar refractivity (Wildman–Crippen MR) is 108 cm³/mol. The first-order valence-corrected chi connectivity index (χ1v) is 8.87. The van der Waals surface area contributed by atoms with Crippen LogP contribution in [0.3, 0.4) is 0 Å². The maximum atomic E-state index is 9.57. The number of aldehydes is 1. The Labute approximate surface area is 158 Å². The van der Waals surface area contributed by atoms with Crippen molar-refractivity contribution in [2.45, 2.75) is 19.8 Å². The summed E-state index contributed by atoms with van der Waals surface area (Å²) in [7, 11) is 1.83. The number of hydrogen-bond acceptors (Lipinski definition) is 6. The molecule has 0 amide bonds. The van der Waals surface area contributed by atoms with Crippen LogP contribution >= 0.6 is 0 Å². The zero-order chi connectivity index (χ0) is 19.2. The number of hydrogen-bond donors (Lipinski definition) is 2. The van der Waals surface area contributed by atoms with Crippen LogP contribution in [0.15, 0.2) is 49.1 Å². The van der Waals surface area contributed by atoms with Crippen LogP contribution in [0.25, 0.3) is 22.4 Å². The van der Waals surface area contributed by atoms with Crippen molar-refractivity contribution < 1.29 is 4.79 Å². The van der Waals surface area contributed by atoms with Gasteiger partial charge in [-0.25, -0.2) is 9.97 Å². The summed E-state index contributed by atoms with van der Waals surface area (Å²) in [4.78, 5) is 22.4. The molecule has 0 atom stereocenters. The van der Waals surface area contributed by atoms with Gasteiger partial charge in [-0.15, -0.1) is 0 Å². The molecule has 2 aromatic heterocycles. The maximum absolute atomic E-state index is 9.57. The van der Waals surface area contributed by atoms with E-state index in [-0.39, 0.29) is 0 Å². The Morgan fingerprint density at radius 1 is 1.11 bits per heavy atom. The first kappa shape index (κ1) is 18.5. The molecule has 6 heteroatoms. The van der Waals surface area contributed by atoms with E-state index >= 15 is 0 Å². The number of pyridine rings is 1. The van der Waals surface area contributed by atoms with Crippen LogP contribution in [-0.2, 0) is 4.79 Å². The van der Waals surface area contributed by atoms with Crippen LogP contribution in [-0.4, -0.2) is 28.3 Å². The van der Waals surface area contributed by atoms with Gasteiger partial charge in [0.05, 0.1) is 5.69 Å². The molecule has 1 saturated carbocycles. The lowest BCUT2D eigenvalue weighted by Crippen LogP contribution is -1.95. The van der Waals surface area contributed by atoms with Crippen molar-refractivity contribution in [1.29, 1.82) is 0 Å². The summed E-state index contributed by atoms with van der Waals surface area (Å²) < 4.78 is 0. The minimum atomic E-state index is 0.454. The topological polar surface area (TPSA) is 93.8 Å². The summed E-state index contributed by atoms with van der Waals surface area (Å²) in [5, 5.41) is 3.01. The number of nitrogens with one attached hydrogen (secondary N) is 1. The molecular weight excluding hydrogens is 338 g/mol. The molecule has 0 spiro atoms. The molecule has 3 N–H and O–H groups in total. The summed E-state index contributed by atoms with van der Waals surface area (Å²) in [6, 6.07) is 9.85. The summed E-state index contributed by atoms with van der Waals surface area (Å²) >= 11 is 0. The van der Waals surface area contributed by atoms with Crippen LogP contribution in [0.1, 0.15) is 18.4 Å². The highest BCUT2D eigenvalue weighted by atomic mass is 16.1. The lowest BCUT2D eigenvalue weighted by atomic mass is 9.99. The van der Waals surface area contributed by atoms with Crippen molar-refractivity contribution in [1.82, 2.24) is 15.0 Å². The average Bonchev–Trinajstić information content (AvgIpc) is 3.55. The smallest absolute Gasteiger partial charge is 0.129 e. The van der Waals surface area contributed by atoms with Crippen LogP contribution < -0.4 is 11.1 Å². The van der Waals surface area contributed by atoms with E-state index in [1.165, 1.54) is 0 Å². The molecule has 1 aromatic carbocycles. The standard InChI is InChI=1S/C17H17N5.C4H6O/c1-11-3-4-14(18)6-15(11)12-5-13(9-20-8-12)16-7-17(19-2)22-10-21-16;5-3-4-1-2-4/h3-10H,18H2,1-2H3,(H,19,21,22);3-4H,1-2H2. The first-order chi connectivity index (χ1) is 13.1. The highest BCUT2D eigenvalue weighted by Gasteiger charge is 2.18. The molecule has 4 rings (SSSR count). The fourth-order valence-electron chi connectivity index (χ4n) is 2.56. The van der Waals surface area contributed by atoms with Crippen molar-refractivity contribution in [3.63, 3.8) is 0 Å². The second-order valence-corrected chi connectivity index (χ2v) is 6.55. The van der Waals surface area contributed by atoms with Crippen LogP contribution in [0.5, 0.6) is 0 Å². The largest absolute Gasteiger partial charge is 0.399 e. The third-order valence-corrected chi connectivity index (χ3v) is 4.34. The Kier molecular flexibility index (Phi) is 5.76. The van der Waals surface area contributed by atoms with Crippen molar-refractivity contribution in [2.24, 2.45) is 5.92 Å². The Morgan fingerprint density at radius 2 is 1.89 bits per heavy atom. The van der Waals surface area contributed by atoms with E-state index in [1.807, 2.05) is 37.5 Å². The molecule has 27 heavy (non-hydrogen) atoms. The average molecular weight is 361 g/mol. The van der Waals surface area contributed by atoms with Gasteiger partial charge in [0.25, 0.3) is 0 Å². The van der Waals surface area contributed by atoms with Gasteiger partial charge in [-0.3, -0.25) is 4.98 Å². The maximum Gasteiger partial charge on any atom is 0.129 e. The molecule has 0 saturated heterocycles. The number of anilines is 2. The van der Waals surface area contributed by atoms with Crippen LogP contribution in [0.4, 0.5) is 11.5 Å². The van der Waals surface area contributed by atoms with Crippen molar-refractivity contribution in [2.75, 3.05) is 18.1 Å². The van der Waals surface area contributed by atoms with Crippen molar-refractivity contribution in [3.8, 4) is 22.4 Å².